The molecule has 1 amide bonds. The van der Waals surface area contributed by atoms with Crippen LogP contribution in [0.25, 0.3) is 0 Å². The average Bonchev–Trinajstić information content (AvgIpc) is 2.23. The zero-order valence-corrected chi connectivity index (χ0v) is 10.1. The third kappa shape index (κ3) is 4.26. The van der Waals surface area contributed by atoms with Crippen molar-refractivity contribution in [2.45, 2.75) is 39.3 Å². The molecular weight excluding hydrogens is 220 g/mol. The highest BCUT2D eigenvalue weighted by Gasteiger charge is 2.08. The minimum atomic E-state index is -0.336. The highest BCUT2D eigenvalue weighted by Crippen LogP contribution is 1.95. The summed E-state index contributed by atoms with van der Waals surface area (Å²) in [6, 6.07) is 2.81. The monoisotopic (exact) mass is 238 g/mol. The molecule has 0 saturated carbocycles. The number of carbonyl (C=O) groups is 1. The van der Waals surface area contributed by atoms with E-state index >= 15 is 0 Å². The molecule has 6 heteroatoms. The molecule has 0 bridgehead atoms. The van der Waals surface area contributed by atoms with Gasteiger partial charge in [-0.25, -0.2) is 4.68 Å². The quantitative estimate of drug-likeness (QED) is 0.763. The van der Waals surface area contributed by atoms with E-state index in [0.717, 1.165) is 17.5 Å². The van der Waals surface area contributed by atoms with E-state index in [1.165, 1.54) is 12.1 Å². The van der Waals surface area contributed by atoms with Gasteiger partial charge in [0.1, 0.15) is 12.4 Å². The summed E-state index contributed by atoms with van der Waals surface area (Å²) in [6.07, 6.45) is 1.91. The van der Waals surface area contributed by atoms with Gasteiger partial charge >= 0.3 is 0 Å². The van der Waals surface area contributed by atoms with E-state index in [1.807, 2.05) is 13.8 Å². The lowest BCUT2D eigenvalue weighted by atomic mass is 10.2. The van der Waals surface area contributed by atoms with Crippen LogP contribution in [-0.4, -0.2) is 21.7 Å². The van der Waals surface area contributed by atoms with Crippen LogP contribution < -0.4 is 16.6 Å². The van der Waals surface area contributed by atoms with Crippen LogP contribution in [0.2, 0.25) is 0 Å². The lowest BCUT2D eigenvalue weighted by Crippen LogP contribution is -2.38. The first-order chi connectivity index (χ1) is 8.02. The smallest absolute Gasteiger partial charge is 0.267 e. The van der Waals surface area contributed by atoms with Crippen LogP contribution in [0.4, 0.5) is 5.82 Å². The summed E-state index contributed by atoms with van der Waals surface area (Å²) < 4.78 is 1.06. The van der Waals surface area contributed by atoms with Crippen molar-refractivity contribution in [1.29, 1.82) is 0 Å². The largest absolute Gasteiger partial charge is 0.382 e. The molecule has 0 aliphatic carbocycles. The second-order valence-corrected chi connectivity index (χ2v) is 4.01. The molecule has 0 fully saturated rings. The average molecular weight is 238 g/mol. The molecule has 0 aliphatic heterocycles. The van der Waals surface area contributed by atoms with Crippen LogP contribution in [-0.2, 0) is 11.3 Å². The Balaban J connectivity index is 2.62. The van der Waals surface area contributed by atoms with Crippen molar-refractivity contribution in [3.63, 3.8) is 0 Å². The molecule has 0 aromatic carbocycles. The van der Waals surface area contributed by atoms with Crippen LogP contribution in [0.1, 0.15) is 26.7 Å². The summed E-state index contributed by atoms with van der Waals surface area (Å²) in [4.78, 5) is 23.0. The first-order valence-corrected chi connectivity index (χ1v) is 5.66. The molecule has 0 aliphatic rings. The summed E-state index contributed by atoms with van der Waals surface area (Å²) in [5.74, 6) is -0.00911. The Hall–Kier alpha value is -1.85. The molecule has 0 radical (unpaired) electrons. The first kappa shape index (κ1) is 13.2. The number of hydrogen-bond donors (Lipinski definition) is 2. The van der Waals surface area contributed by atoms with Gasteiger partial charge in [-0.05, 0) is 19.4 Å². The van der Waals surface area contributed by atoms with Gasteiger partial charge in [0.2, 0.25) is 5.91 Å². The van der Waals surface area contributed by atoms with Crippen molar-refractivity contribution in [2.75, 3.05) is 5.73 Å². The number of nitrogens with zero attached hydrogens (tertiary/aromatic N) is 2. The Morgan fingerprint density at radius 2 is 2.29 bits per heavy atom. The van der Waals surface area contributed by atoms with Crippen LogP contribution in [0.5, 0.6) is 0 Å². The molecule has 1 heterocycles. The van der Waals surface area contributed by atoms with Crippen molar-refractivity contribution < 1.29 is 4.79 Å². The lowest BCUT2D eigenvalue weighted by Gasteiger charge is -2.12. The fourth-order valence-corrected chi connectivity index (χ4v) is 1.54. The fraction of sp³-hybridized carbons (Fsp3) is 0.545. The Morgan fingerprint density at radius 3 is 2.94 bits per heavy atom. The molecule has 17 heavy (non-hydrogen) atoms. The standard InChI is InChI=1S/C11H18N4O2/c1-3-4-8(2)13-10(16)7-15-11(17)6-5-9(12)14-15/h5-6,8H,3-4,7H2,1-2H3,(H2,12,14)(H,13,16). The number of nitrogens with one attached hydrogen (secondary N) is 1. The highest BCUT2D eigenvalue weighted by molar-refractivity contribution is 5.75. The summed E-state index contributed by atoms with van der Waals surface area (Å²) in [5, 5.41) is 6.58. The van der Waals surface area contributed by atoms with E-state index < -0.39 is 0 Å². The van der Waals surface area contributed by atoms with Gasteiger partial charge in [0, 0.05) is 12.1 Å². The Morgan fingerprint density at radius 1 is 1.59 bits per heavy atom. The van der Waals surface area contributed by atoms with E-state index in [9.17, 15) is 9.59 Å². The summed E-state index contributed by atoms with van der Waals surface area (Å²) in [5.41, 5.74) is 5.11. The van der Waals surface area contributed by atoms with Crippen molar-refractivity contribution in [3.05, 3.63) is 22.5 Å². The number of aromatic nitrogens is 2. The van der Waals surface area contributed by atoms with Crippen molar-refractivity contribution in [2.24, 2.45) is 0 Å². The van der Waals surface area contributed by atoms with E-state index in [2.05, 4.69) is 10.4 Å². The Bertz CT molecular complexity index is 441. The molecule has 94 valence electrons. The first-order valence-electron chi connectivity index (χ1n) is 5.66. The highest BCUT2D eigenvalue weighted by atomic mass is 16.2. The second-order valence-electron chi connectivity index (χ2n) is 4.01. The zero-order valence-electron chi connectivity index (χ0n) is 10.1. The SMILES string of the molecule is CCCC(C)NC(=O)Cn1nc(N)ccc1=O. The second kappa shape index (κ2) is 6.03. The number of nitrogen functional groups attached to an aromatic ring is 1. The minimum absolute atomic E-state index is 0.0993. The Kier molecular flexibility index (Phi) is 4.68. The predicted molar refractivity (Wildman–Crippen MR) is 65.4 cm³/mol. The topological polar surface area (TPSA) is 90.0 Å². The molecule has 1 atom stereocenters. The molecule has 0 spiro atoms. The summed E-state index contributed by atoms with van der Waals surface area (Å²) in [6.45, 7) is 3.88. The van der Waals surface area contributed by atoms with Gasteiger partial charge in [0.05, 0.1) is 0 Å². The molecule has 6 nitrogen and oxygen atoms in total. The van der Waals surface area contributed by atoms with Crippen molar-refractivity contribution in [1.82, 2.24) is 15.1 Å². The van der Waals surface area contributed by atoms with E-state index in [0.29, 0.717) is 0 Å². The maximum absolute atomic E-state index is 11.6. The van der Waals surface area contributed by atoms with Crippen molar-refractivity contribution >= 4 is 11.7 Å². The van der Waals surface area contributed by atoms with Crippen LogP contribution in [0.3, 0.4) is 0 Å². The van der Waals surface area contributed by atoms with Gasteiger partial charge in [-0.1, -0.05) is 13.3 Å². The summed E-state index contributed by atoms with van der Waals surface area (Å²) in [7, 11) is 0. The van der Waals surface area contributed by atoms with Gasteiger partial charge in [-0.15, -0.1) is 0 Å². The number of hydrogen-bond acceptors (Lipinski definition) is 4. The van der Waals surface area contributed by atoms with E-state index in [4.69, 9.17) is 5.73 Å². The van der Waals surface area contributed by atoms with Gasteiger partial charge in [0.25, 0.3) is 5.56 Å². The molecule has 0 saturated heterocycles. The lowest BCUT2D eigenvalue weighted by molar-refractivity contribution is -0.122. The third-order valence-corrected chi connectivity index (χ3v) is 2.31. The minimum Gasteiger partial charge on any atom is -0.382 e. The van der Waals surface area contributed by atoms with Gasteiger partial charge in [-0.2, -0.15) is 5.10 Å². The number of rotatable bonds is 5. The van der Waals surface area contributed by atoms with E-state index in [1.54, 1.807) is 0 Å². The third-order valence-electron chi connectivity index (χ3n) is 2.31. The molecule has 1 unspecified atom stereocenters. The van der Waals surface area contributed by atoms with Crippen molar-refractivity contribution in [3.8, 4) is 0 Å². The van der Waals surface area contributed by atoms with Gasteiger partial charge < -0.3 is 11.1 Å². The number of carbonyl (C=O) groups excluding carboxylic acids is 1. The van der Waals surface area contributed by atoms with Crippen LogP contribution in [0, 0.1) is 0 Å². The molecular formula is C11H18N4O2. The molecule has 3 N–H and O–H groups in total. The fourth-order valence-electron chi connectivity index (χ4n) is 1.54. The van der Waals surface area contributed by atoms with E-state index in [-0.39, 0.29) is 29.9 Å². The number of nitrogens with two attached hydrogens (primary N) is 1. The maximum atomic E-state index is 11.6. The van der Waals surface area contributed by atoms with Gasteiger partial charge in [0.15, 0.2) is 0 Å². The summed E-state index contributed by atoms with van der Waals surface area (Å²) >= 11 is 0. The molecule has 1 aromatic rings. The maximum Gasteiger partial charge on any atom is 0.267 e. The number of anilines is 1. The zero-order chi connectivity index (χ0) is 12.8. The van der Waals surface area contributed by atoms with Crippen LogP contribution in [0.15, 0.2) is 16.9 Å². The predicted octanol–water partition coefficient (Wildman–Crippen LogP) is 0.130. The van der Waals surface area contributed by atoms with Gasteiger partial charge in [-0.3, -0.25) is 9.59 Å². The Labute approximate surface area is 99.8 Å². The normalized spacial score (nSPS) is 12.1. The molecule has 1 aromatic heterocycles. The number of amides is 1. The molecule has 1 rings (SSSR count). The van der Waals surface area contributed by atoms with Crippen LogP contribution >= 0.6 is 0 Å².